The molecule has 0 bridgehead atoms. The first-order valence-corrected chi connectivity index (χ1v) is 6.41. The lowest BCUT2D eigenvalue weighted by molar-refractivity contribution is 0.238. The van der Waals surface area contributed by atoms with Gasteiger partial charge in [0.15, 0.2) is 0 Å². The summed E-state index contributed by atoms with van der Waals surface area (Å²) in [4.78, 5) is 11.0. The van der Waals surface area contributed by atoms with Gasteiger partial charge in [-0.2, -0.15) is 0 Å². The number of aryl methyl sites for hydroxylation is 1. The number of aliphatic hydroxyl groups excluding tert-OH is 1. The van der Waals surface area contributed by atoms with Crippen LogP contribution in [0.2, 0.25) is 0 Å². The fourth-order valence-corrected chi connectivity index (χ4v) is 2.37. The second-order valence-electron chi connectivity index (χ2n) is 4.10. The Balaban J connectivity index is 2.17. The van der Waals surface area contributed by atoms with Crippen molar-refractivity contribution in [3.63, 3.8) is 0 Å². The summed E-state index contributed by atoms with van der Waals surface area (Å²) in [6.45, 7) is 4.18. The first-order chi connectivity index (χ1) is 7.72. The molecule has 0 amide bonds. The quantitative estimate of drug-likeness (QED) is 0.858. The Bertz CT molecular complexity index is 372. The normalized spacial score (nSPS) is 20.4. The van der Waals surface area contributed by atoms with Crippen molar-refractivity contribution < 1.29 is 5.11 Å². The molecule has 2 rings (SSSR count). The van der Waals surface area contributed by atoms with E-state index >= 15 is 0 Å². The van der Waals surface area contributed by atoms with E-state index in [1.54, 1.807) is 0 Å². The molecule has 1 aliphatic heterocycles. The number of nitrogens with zero attached hydrogens (tertiary/aromatic N) is 3. The van der Waals surface area contributed by atoms with Crippen molar-refractivity contribution in [2.45, 2.75) is 19.8 Å². The summed E-state index contributed by atoms with van der Waals surface area (Å²) in [6.07, 6.45) is 1.88. The number of hydrogen-bond acceptors (Lipinski definition) is 4. The van der Waals surface area contributed by atoms with Crippen molar-refractivity contribution in [2.75, 3.05) is 24.6 Å². The van der Waals surface area contributed by atoms with Gasteiger partial charge in [0.2, 0.25) is 0 Å². The first kappa shape index (κ1) is 11.8. The Morgan fingerprint density at radius 1 is 1.56 bits per heavy atom. The molecule has 4 nitrogen and oxygen atoms in total. The molecule has 1 N–H and O–H groups in total. The van der Waals surface area contributed by atoms with Gasteiger partial charge in [-0.05, 0) is 22.4 Å². The lowest BCUT2D eigenvalue weighted by atomic mass is 10.1. The minimum absolute atomic E-state index is 0.267. The average molecular weight is 286 g/mol. The fraction of sp³-hybridized carbons (Fsp3) is 0.636. The lowest BCUT2D eigenvalue weighted by Crippen LogP contribution is -2.22. The van der Waals surface area contributed by atoms with Gasteiger partial charge in [-0.15, -0.1) is 0 Å². The molecule has 16 heavy (non-hydrogen) atoms. The molecule has 1 aromatic rings. The van der Waals surface area contributed by atoms with Gasteiger partial charge in [0, 0.05) is 38.1 Å². The van der Waals surface area contributed by atoms with E-state index in [1.807, 2.05) is 13.0 Å². The van der Waals surface area contributed by atoms with Gasteiger partial charge in [-0.3, -0.25) is 0 Å². The standard InChI is InChI=1S/C11H16BrN3O/c1-2-10-13-9(12)5-11(14-10)15-4-3-8(6-15)7-16/h5,8,16H,2-4,6-7H2,1H3. The zero-order valence-corrected chi connectivity index (χ0v) is 10.9. The van der Waals surface area contributed by atoms with Crippen LogP contribution in [0.15, 0.2) is 10.7 Å². The van der Waals surface area contributed by atoms with Crippen LogP contribution < -0.4 is 4.90 Å². The Morgan fingerprint density at radius 2 is 2.38 bits per heavy atom. The van der Waals surface area contributed by atoms with E-state index in [0.29, 0.717) is 5.92 Å². The summed E-state index contributed by atoms with van der Waals surface area (Å²) in [7, 11) is 0. The number of rotatable bonds is 3. The predicted molar refractivity (Wildman–Crippen MR) is 66.5 cm³/mol. The third-order valence-corrected chi connectivity index (χ3v) is 3.32. The Labute approximate surface area is 104 Å². The number of aliphatic hydroxyl groups is 1. The summed E-state index contributed by atoms with van der Waals surface area (Å²) in [5, 5.41) is 9.12. The zero-order valence-electron chi connectivity index (χ0n) is 9.36. The SMILES string of the molecule is CCc1nc(Br)cc(N2CCC(CO)C2)n1. The molecular formula is C11H16BrN3O. The van der Waals surface area contributed by atoms with Crippen molar-refractivity contribution >= 4 is 21.7 Å². The van der Waals surface area contributed by atoms with E-state index in [4.69, 9.17) is 5.11 Å². The van der Waals surface area contributed by atoms with Crippen LogP contribution in [0, 0.1) is 5.92 Å². The van der Waals surface area contributed by atoms with Gasteiger partial charge < -0.3 is 10.0 Å². The van der Waals surface area contributed by atoms with Crippen LogP contribution >= 0.6 is 15.9 Å². The number of hydrogen-bond donors (Lipinski definition) is 1. The highest BCUT2D eigenvalue weighted by Gasteiger charge is 2.23. The van der Waals surface area contributed by atoms with Crippen LogP contribution in [-0.2, 0) is 6.42 Å². The number of aromatic nitrogens is 2. The summed E-state index contributed by atoms with van der Waals surface area (Å²) in [6, 6.07) is 1.94. The van der Waals surface area contributed by atoms with Crippen LogP contribution in [-0.4, -0.2) is 34.8 Å². The smallest absolute Gasteiger partial charge is 0.133 e. The number of halogens is 1. The Morgan fingerprint density at radius 3 is 3.00 bits per heavy atom. The molecule has 1 atom stereocenters. The molecule has 0 spiro atoms. The Kier molecular flexibility index (Phi) is 3.76. The van der Waals surface area contributed by atoms with Gasteiger partial charge in [0.1, 0.15) is 16.2 Å². The zero-order chi connectivity index (χ0) is 11.5. The van der Waals surface area contributed by atoms with Crippen molar-refractivity contribution in [2.24, 2.45) is 5.92 Å². The van der Waals surface area contributed by atoms with Crippen molar-refractivity contribution in [1.82, 2.24) is 9.97 Å². The molecule has 2 heterocycles. The third kappa shape index (κ3) is 2.52. The molecule has 1 saturated heterocycles. The molecule has 1 aromatic heterocycles. The van der Waals surface area contributed by atoms with E-state index in [2.05, 4.69) is 30.8 Å². The van der Waals surface area contributed by atoms with E-state index in [9.17, 15) is 0 Å². The van der Waals surface area contributed by atoms with Crippen LogP contribution in [0.3, 0.4) is 0 Å². The van der Waals surface area contributed by atoms with E-state index in [-0.39, 0.29) is 6.61 Å². The maximum absolute atomic E-state index is 9.12. The lowest BCUT2D eigenvalue weighted by Gasteiger charge is -2.17. The minimum Gasteiger partial charge on any atom is -0.396 e. The molecule has 88 valence electrons. The summed E-state index contributed by atoms with van der Waals surface area (Å²) < 4.78 is 0.835. The summed E-state index contributed by atoms with van der Waals surface area (Å²) in [5.74, 6) is 2.21. The molecule has 0 radical (unpaired) electrons. The van der Waals surface area contributed by atoms with E-state index < -0.39 is 0 Å². The van der Waals surface area contributed by atoms with Crippen LogP contribution in [0.4, 0.5) is 5.82 Å². The second kappa shape index (κ2) is 5.10. The van der Waals surface area contributed by atoms with Gasteiger partial charge in [-0.25, -0.2) is 9.97 Å². The van der Waals surface area contributed by atoms with Gasteiger partial charge in [0.25, 0.3) is 0 Å². The predicted octanol–water partition coefficient (Wildman–Crippen LogP) is 1.62. The monoisotopic (exact) mass is 285 g/mol. The van der Waals surface area contributed by atoms with E-state index in [1.165, 1.54) is 0 Å². The van der Waals surface area contributed by atoms with Gasteiger partial charge in [-0.1, -0.05) is 6.92 Å². The highest BCUT2D eigenvalue weighted by molar-refractivity contribution is 9.10. The van der Waals surface area contributed by atoms with E-state index in [0.717, 1.165) is 42.2 Å². The first-order valence-electron chi connectivity index (χ1n) is 5.62. The Hall–Kier alpha value is -0.680. The molecule has 5 heteroatoms. The van der Waals surface area contributed by atoms with Gasteiger partial charge in [0.05, 0.1) is 0 Å². The molecule has 1 unspecified atom stereocenters. The molecule has 1 fully saturated rings. The third-order valence-electron chi connectivity index (χ3n) is 2.91. The van der Waals surface area contributed by atoms with Gasteiger partial charge >= 0.3 is 0 Å². The molecule has 0 saturated carbocycles. The molecule has 0 aromatic carbocycles. The fourth-order valence-electron chi connectivity index (χ4n) is 1.96. The molecule has 0 aliphatic carbocycles. The van der Waals surface area contributed by atoms with Crippen molar-refractivity contribution in [1.29, 1.82) is 0 Å². The molecule has 1 aliphatic rings. The van der Waals surface area contributed by atoms with Crippen molar-refractivity contribution in [3.05, 3.63) is 16.5 Å². The maximum atomic E-state index is 9.12. The molecular weight excluding hydrogens is 270 g/mol. The average Bonchev–Trinajstić information content (AvgIpc) is 2.76. The highest BCUT2D eigenvalue weighted by atomic mass is 79.9. The number of anilines is 1. The maximum Gasteiger partial charge on any atom is 0.133 e. The van der Waals surface area contributed by atoms with Crippen LogP contribution in [0.5, 0.6) is 0 Å². The highest BCUT2D eigenvalue weighted by Crippen LogP contribution is 2.23. The van der Waals surface area contributed by atoms with Crippen LogP contribution in [0.1, 0.15) is 19.2 Å². The summed E-state index contributed by atoms with van der Waals surface area (Å²) >= 11 is 3.41. The van der Waals surface area contributed by atoms with Crippen LogP contribution in [0.25, 0.3) is 0 Å². The summed E-state index contributed by atoms with van der Waals surface area (Å²) in [5.41, 5.74) is 0. The topological polar surface area (TPSA) is 49.2 Å². The van der Waals surface area contributed by atoms with Crippen molar-refractivity contribution in [3.8, 4) is 0 Å². The minimum atomic E-state index is 0.267. The largest absolute Gasteiger partial charge is 0.396 e. The second-order valence-corrected chi connectivity index (χ2v) is 4.91.